The van der Waals surface area contributed by atoms with E-state index < -0.39 is 12.1 Å². The van der Waals surface area contributed by atoms with Gasteiger partial charge in [0.25, 0.3) is 0 Å². The van der Waals surface area contributed by atoms with Crippen LogP contribution >= 0.6 is 0 Å². The van der Waals surface area contributed by atoms with Gasteiger partial charge in [-0.1, -0.05) is 0 Å². The molecule has 1 atom stereocenters. The van der Waals surface area contributed by atoms with Crippen LogP contribution in [-0.2, 0) is 4.79 Å². The van der Waals surface area contributed by atoms with E-state index in [0.29, 0.717) is 11.0 Å². The molecule has 0 saturated heterocycles. The fraction of sp³-hybridized carbons (Fsp3) is 0.857. The van der Waals surface area contributed by atoms with Crippen molar-refractivity contribution in [3.63, 3.8) is 0 Å². The van der Waals surface area contributed by atoms with E-state index in [9.17, 15) is 4.79 Å². The molecule has 0 aromatic heterocycles. The third-order valence-corrected chi connectivity index (χ3v) is 1.17. The smallest absolute Gasteiger partial charge is 0.306 e. The third kappa shape index (κ3) is 7.29. The highest BCUT2D eigenvalue weighted by Gasteiger charge is 2.17. The van der Waals surface area contributed by atoms with E-state index in [1.165, 1.54) is 0 Å². The van der Waals surface area contributed by atoms with Gasteiger partial charge in [0.05, 0.1) is 27.6 Å². The molecule has 0 rings (SSSR count). The molecule has 4 nitrogen and oxygen atoms in total. The Balaban J connectivity index is 3.69. The zero-order chi connectivity index (χ0) is 9.07. The van der Waals surface area contributed by atoms with E-state index >= 15 is 0 Å². The van der Waals surface area contributed by atoms with Crippen LogP contribution < -0.4 is 0 Å². The molecule has 0 spiro atoms. The number of aliphatic hydroxyl groups is 1. The molecule has 4 heteroatoms. The van der Waals surface area contributed by atoms with Gasteiger partial charge in [0.15, 0.2) is 0 Å². The molecule has 0 aromatic carbocycles. The van der Waals surface area contributed by atoms with Crippen LogP contribution in [0.4, 0.5) is 0 Å². The van der Waals surface area contributed by atoms with E-state index in [1.54, 1.807) is 0 Å². The maximum atomic E-state index is 10.1. The van der Waals surface area contributed by atoms with Gasteiger partial charge in [0.2, 0.25) is 0 Å². The zero-order valence-corrected chi connectivity index (χ0v) is 7.24. The minimum Gasteiger partial charge on any atom is -0.481 e. The van der Waals surface area contributed by atoms with E-state index in [1.807, 2.05) is 21.1 Å². The van der Waals surface area contributed by atoms with Gasteiger partial charge >= 0.3 is 5.97 Å². The monoisotopic (exact) mass is 163 g/mol. The molecule has 0 heterocycles. The first kappa shape index (κ1) is 10.4. The largest absolute Gasteiger partial charge is 0.481 e. The third-order valence-electron chi connectivity index (χ3n) is 1.17. The van der Waals surface area contributed by atoms with Crippen molar-refractivity contribution in [3.05, 3.63) is 0 Å². The second-order valence-corrected chi connectivity index (χ2v) is 3.72. The molecule has 0 saturated carbocycles. The lowest BCUT2D eigenvalue weighted by atomic mass is 10.2. The van der Waals surface area contributed by atoms with Crippen molar-refractivity contribution in [3.8, 4) is 0 Å². The lowest BCUT2D eigenvalue weighted by molar-refractivity contribution is -0.873. The first-order chi connectivity index (χ1) is 4.81. The Morgan fingerprint density at radius 3 is 2.18 bits per heavy atom. The Hall–Kier alpha value is -0.610. The molecule has 0 bridgehead atoms. The molecule has 0 aliphatic carbocycles. The summed E-state index contributed by atoms with van der Waals surface area (Å²) >= 11 is 0. The summed E-state index contributed by atoms with van der Waals surface area (Å²) in [5, 5.41) is 17.5. The maximum absolute atomic E-state index is 10.1. The maximum Gasteiger partial charge on any atom is 0.306 e. The summed E-state index contributed by atoms with van der Waals surface area (Å²) in [5.41, 5.74) is 0. The molecular formula is C7H16NO3+. The van der Waals surface area contributed by atoms with Gasteiger partial charge < -0.3 is 14.7 Å². The molecule has 0 radical (unpaired) electrons. The van der Waals surface area contributed by atoms with Gasteiger partial charge in [0, 0.05) is 0 Å². The zero-order valence-electron chi connectivity index (χ0n) is 7.24. The van der Waals surface area contributed by atoms with Crippen molar-refractivity contribution in [1.29, 1.82) is 0 Å². The van der Waals surface area contributed by atoms with Gasteiger partial charge in [-0.3, -0.25) is 4.79 Å². The summed E-state index contributed by atoms with van der Waals surface area (Å²) in [6, 6.07) is 0. The van der Waals surface area contributed by atoms with Crippen molar-refractivity contribution in [2.75, 3.05) is 27.7 Å². The van der Waals surface area contributed by atoms with Crippen molar-refractivity contribution >= 4 is 5.97 Å². The first-order valence-electron chi connectivity index (χ1n) is 3.51. The van der Waals surface area contributed by atoms with E-state index in [0.717, 1.165) is 0 Å². The highest BCUT2D eigenvalue weighted by atomic mass is 16.4. The molecule has 0 aromatic rings. The van der Waals surface area contributed by atoms with E-state index in [4.69, 9.17) is 10.2 Å². The number of likely N-dealkylation sites (N-methyl/N-ethyl adjacent to an activating group) is 1. The van der Waals surface area contributed by atoms with Crippen LogP contribution in [0.3, 0.4) is 0 Å². The van der Waals surface area contributed by atoms with Crippen LogP contribution in [0.5, 0.6) is 0 Å². The van der Waals surface area contributed by atoms with E-state index in [2.05, 4.69) is 0 Å². The van der Waals surface area contributed by atoms with Crippen LogP contribution in [0, 0.1) is 0 Å². The van der Waals surface area contributed by atoms with Crippen molar-refractivity contribution in [2.45, 2.75) is 12.5 Å². The van der Waals surface area contributed by atoms with Gasteiger partial charge in [-0.2, -0.15) is 0 Å². The molecular weight excluding hydrogens is 147 g/mol. The predicted molar refractivity (Wildman–Crippen MR) is 41.2 cm³/mol. The van der Waals surface area contributed by atoms with Crippen LogP contribution in [0.1, 0.15) is 6.42 Å². The Morgan fingerprint density at radius 2 is 1.91 bits per heavy atom. The molecule has 66 valence electrons. The van der Waals surface area contributed by atoms with Gasteiger partial charge in [-0.05, 0) is 0 Å². The lowest BCUT2D eigenvalue weighted by Crippen LogP contribution is -2.42. The quantitative estimate of drug-likeness (QED) is 0.435. The molecule has 0 unspecified atom stereocenters. The highest BCUT2D eigenvalue weighted by Crippen LogP contribution is 1.98. The van der Waals surface area contributed by atoms with Gasteiger partial charge in [0.1, 0.15) is 12.6 Å². The summed E-state index contributed by atoms with van der Waals surface area (Å²) in [7, 11) is 5.72. The summed E-state index contributed by atoms with van der Waals surface area (Å²) in [4.78, 5) is 10.1. The molecule has 0 amide bonds. The molecule has 0 fully saturated rings. The number of quaternary nitrogens is 1. The fourth-order valence-corrected chi connectivity index (χ4v) is 0.898. The van der Waals surface area contributed by atoms with Gasteiger partial charge in [-0.25, -0.2) is 0 Å². The summed E-state index contributed by atoms with van der Waals surface area (Å²) in [5.74, 6) is -0.953. The number of carboxylic acids is 1. The highest BCUT2D eigenvalue weighted by molar-refractivity contribution is 5.67. The Morgan fingerprint density at radius 1 is 1.45 bits per heavy atom. The number of carbonyl (C=O) groups is 1. The summed E-state index contributed by atoms with van der Waals surface area (Å²) in [6.07, 6.45) is -0.914. The predicted octanol–water partition coefficient (Wildman–Crippen LogP) is -0.472. The van der Waals surface area contributed by atoms with Crippen LogP contribution in [0.2, 0.25) is 0 Å². The number of nitrogens with zero attached hydrogens (tertiary/aromatic N) is 1. The van der Waals surface area contributed by atoms with Crippen LogP contribution in [0.25, 0.3) is 0 Å². The Labute approximate surface area is 66.6 Å². The van der Waals surface area contributed by atoms with Crippen molar-refractivity contribution in [2.24, 2.45) is 0 Å². The number of rotatable bonds is 4. The Bertz CT molecular complexity index is 139. The molecule has 11 heavy (non-hydrogen) atoms. The van der Waals surface area contributed by atoms with E-state index in [-0.39, 0.29) is 6.42 Å². The van der Waals surface area contributed by atoms with Gasteiger partial charge in [-0.15, -0.1) is 0 Å². The lowest BCUT2D eigenvalue weighted by Gasteiger charge is -2.25. The standard InChI is InChI=1S/C7H15NO3/c1-8(2,3)5-6(9)4-7(10)11/h6,9H,4-5H2,1-3H3/p+1/t6-/m1/s1/i1+1. The normalized spacial score (nSPS) is 14.5. The number of hydrogen-bond donors (Lipinski definition) is 2. The fourth-order valence-electron chi connectivity index (χ4n) is 0.898. The van der Waals surface area contributed by atoms with Crippen LogP contribution in [-0.4, -0.2) is 54.5 Å². The van der Waals surface area contributed by atoms with Crippen molar-refractivity contribution in [1.82, 2.24) is 0 Å². The minimum atomic E-state index is -0.953. The number of aliphatic carboxylic acids is 1. The van der Waals surface area contributed by atoms with Crippen molar-refractivity contribution < 1.29 is 19.5 Å². The number of aliphatic hydroxyl groups excluding tert-OH is 1. The topological polar surface area (TPSA) is 57.5 Å². The second-order valence-electron chi connectivity index (χ2n) is 3.72. The average Bonchev–Trinajstić information content (AvgIpc) is 1.53. The summed E-state index contributed by atoms with van der Waals surface area (Å²) in [6.45, 7) is 0.465. The number of hydrogen-bond acceptors (Lipinski definition) is 2. The molecule has 2 N–H and O–H groups in total. The van der Waals surface area contributed by atoms with Crippen LogP contribution in [0.15, 0.2) is 0 Å². The first-order valence-corrected chi connectivity index (χ1v) is 3.51. The Kier molecular flexibility index (Phi) is 3.48. The molecule has 0 aliphatic rings. The molecule has 0 aliphatic heterocycles. The average molecular weight is 163 g/mol. The number of carboxylic acid groups (broad SMARTS) is 1. The second kappa shape index (κ2) is 3.69. The summed E-state index contributed by atoms with van der Waals surface area (Å²) < 4.78 is 0.578. The minimum absolute atomic E-state index is 0.171. The SMILES string of the molecule is C[N+](C)([13CH3])C[C@H](O)CC(=O)O.